The number of halogens is 7. The number of aromatic nitrogens is 5. The molecule has 0 spiro atoms. The molecule has 0 saturated carbocycles. The van der Waals surface area contributed by atoms with Gasteiger partial charge in [0.05, 0.1) is 22.8 Å². The summed E-state index contributed by atoms with van der Waals surface area (Å²) in [6, 6.07) is 3.20. The molecule has 3 heterocycles. The highest BCUT2D eigenvalue weighted by Crippen LogP contribution is 2.35. The van der Waals surface area contributed by atoms with Crippen molar-refractivity contribution < 1.29 is 30.7 Å². The summed E-state index contributed by atoms with van der Waals surface area (Å²) in [4.78, 5) is 32.1. The third-order valence-corrected chi connectivity index (χ3v) is 6.21. The molecule has 41 heavy (non-hydrogen) atoms. The second-order valence-corrected chi connectivity index (χ2v) is 9.11. The smallest absolute Gasteiger partial charge is 0.381 e. The van der Waals surface area contributed by atoms with Crippen LogP contribution in [0.3, 0.4) is 0 Å². The number of nitrogens with zero attached hydrogens (tertiary/aromatic N) is 4. The van der Waals surface area contributed by atoms with Gasteiger partial charge in [0.1, 0.15) is 22.8 Å². The maximum absolute atomic E-state index is 15.0. The third-order valence-electron chi connectivity index (χ3n) is 6.21. The van der Waals surface area contributed by atoms with Crippen LogP contribution in [0, 0.1) is 5.82 Å². The fourth-order valence-electron chi connectivity index (χ4n) is 4.26. The number of alkyl halides is 6. The Morgan fingerprint density at radius 1 is 1.07 bits per heavy atom. The summed E-state index contributed by atoms with van der Waals surface area (Å²) in [5, 5.41) is 10.4. The average Bonchev–Trinajstić information content (AvgIpc) is 2.88. The van der Waals surface area contributed by atoms with Crippen molar-refractivity contribution in [3.63, 3.8) is 0 Å². The number of hydrogen-bond donors (Lipinski definition) is 3. The molecule has 16 heteroatoms. The summed E-state index contributed by atoms with van der Waals surface area (Å²) >= 11 is 0. The van der Waals surface area contributed by atoms with Gasteiger partial charge in [-0.05, 0) is 43.4 Å². The largest absolute Gasteiger partial charge is 0.423 e. The van der Waals surface area contributed by atoms with Gasteiger partial charge in [0.2, 0.25) is 0 Å². The van der Waals surface area contributed by atoms with Gasteiger partial charge in [0.15, 0.2) is 5.82 Å². The van der Waals surface area contributed by atoms with Crippen molar-refractivity contribution in [1.29, 1.82) is 0 Å². The molecule has 0 aliphatic rings. The van der Waals surface area contributed by atoms with Gasteiger partial charge in [-0.1, -0.05) is 0 Å². The Morgan fingerprint density at radius 2 is 1.80 bits per heavy atom. The number of H-pyrrole nitrogens is 1. The highest BCUT2D eigenvalue weighted by Gasteiger charge is 2.37. The molecule has 0 aliphatic heterocycles. The molecule has 9 nitrogen and oxygen atoms in total. The first kappa shape index (κ1) is 29.5. The van der Waals surface area contributed by atoms with Crippen LogP contribution >= 0.6 is 0 Å². The number of aromatic amines is 1. The van der Waals surface area contributed by atoms with Crippen LogP contribution in [-0.4, -0.2) is 37.8 Å². The number of fused-ring (bicyclic) bond motifs is 1. The van der Waals surface area contributed by atoms with E-state index in [1.807, 2.05) is 0 Å². The van der Waals surface area contributed by atoms with E-state index in [0.29, 0.717) is 24.4 Å². The van der Waals surface area contributed by atoms with E-state index < -0.39 is 58.0 Å². The van der Waals surface area contributed by atoms with E-state index in [1.165, 1.54) is 29.9 Å². The van der Waals surface area contributed by atoms with Crippen molar-refractivity contribution in [3.8, 4) is 11.4 Å². The maximum atomic E-state index is 15.0. The second-order valence-electron chi connectivity index (χ2n) is 9.11. The fourth-order valence-corrected chi connectivity index (χ4v) is 4.26. The summed E-state index contributed by atoms with van der Waals surface area (Å²) in [5.41, 5.74) is -5.10. The predicted octanol–water partition coefficient (Wildman–Crippen LogP) is 5.04. The molecule has 3 N–H and O–H groups in total. The first-order valence-electron chi connectivity index (χ1n) is 12.1. The predicted molar refractivity (Wildman–Crippen MR) is 136 cm³/mol. The molecule has 0 unspecified atom stereocenters. The van der Waals surface area contributed by atoms with Gasteiger partial charge >= 0.3 is 12.4 Å². The first-order chi connectivity index (χ1) is 19.2. The van der Waals surface area contributed by atoms with E-state index in [1.54, 1.807) is 12.0 Å². The van der Waals surface area contributed by atoms with Gasteiger partial charge < -0.3 is 15.2 Å². The second kappa shape index (κ2) is 11.2. The van der Waals surface area contributed by atoms with Crippen LogP contribution in [0.5, 0.6) is 0 Å². The SMILES string of the molecule is CNc1nc(-c2cc3ccn(CCC[C@H](C)Nc4cn[nH]c(=O)c4C(F)(F)F)c(=O)c3cc2F)ncc1C(F)(F)F. The molecule has 4 aromatic rings. The van der Waals surface area contributed by atoms with Crippen LogP contribution in [0.4, 0.5) is 42.2 Å². The summed E-state index contributed by atoms with van der Waals surface area (Å²) in [6.07, 6.45) is -6.11. The Kier molecular flexibility index (Phi) is 8.03. The van der Waals surface area contributed by atoms with Gasteiger partial charge in [-0.2, -0.15) is 31.4 Å². The Bertz CT molecular complexity index is 1700. The number of benzene rings is 1. The average molecular weight is 585 g/mol. The van der Waals surface area contributed by atoms with E-state index in [4.69, 9.17) is 0 Å². The summed E-state index contributed by atoms with van der Waals surface area (Å²) in [7, 11) is 1.23. The van der Waals surface area contributed by atoms with Crippen molar-refractivity contribution in [2.24, 2.45) is 0 Å². The normalized spacial score (nSPS) is 12.9. The van der Waals surface area contributed by atoms with Crippen molar-refractivity contribution in [1.82, 2.24) is 24.7 Å². The number of hydrogen-bond acceptors (Lipinski definition) is 7. The van der Waals surface area contributed by atoms with Crippen LogP contribution in [-0.2, 0) is 18.9 Å². The number of nitrogens with one attached hydrogen (secondary N) is 3. The van der Waals surface area contributed by atoms with E-state index >= 15 is 4.39 Å². The molecule has 218 valence electrons. The van der Waals surface area contributed by atoms with Gasteiger partial charge in [-0.3, -0.25) is 9.59 Å². The molecule has 1 atom stereocenters. The van der Waals surface area contributed by atoms with E-state index in [-0.39, 0.29) is 23.3 Å². The maximum Gasteiger partial charge on any atom is 0.423 e. The monoisotopic (exact) mass is 585 g/mol. The van der Waals surface area contributed by atoms with Crippen molar-refractivity contribution in [3.05, 3.63) is 74.4 Å². The lowest BCUT2D eigenvalue weighted by Crippen LogP contribution is -2.27. The molecule has 0 aliphatic carbocycles. The minimum Gasteiger partial charge on any atom is -0.381 e. The van der Waals surface area contributed by atoms with Crippen molar-refractivity contribution in [2.45, 2.75) is 44.7 Å². The van der Waals surface area contributed by atoms with Crippen LogP contribution in [0.15, 0.2) is 46.4 Å². The lowest BCUT2D eigenvalue weighted by Gasteiger charge is -2.18. The minimum absolute atomic E-state index is 0.00470. The van der Waals surface area contributed by atoms with Gasteiger partial charge in [-0.25, -0.2) is 19.5 Å². The first-order valence-corrected chi connectivity index (χ1v) is 12.1. The molecule has 0 amide bonds. The number of anilines is 2. The molecule has 4 rings (SSSR count). The van der Waals surface area contributed by atoms with E-state index in [2.05, 4.69) is 25.7 Å². The zero-order chi connectivity index (χ0) is 30.1. The standard InChI is InChI=1S/C25H22F7N7O2/c1-12(36-18-11-35-38-22(40)19(18)25(30,31)32)4-3-6-39-7-5-13-8-15(17(26)9-14(13)23(39)41)20-34-10-16(24(27,28)29)21(33-2)37-20/h5,7-12H,3-4,6H2,1-2H3,(H,33,34,37)(H2,36,38,40)/t12-/m0/s1. The number of pyridine rings is 1. The lowest BCUT2D eigenvalue weighted by atomic mass is 10.1. The molecular weight excluding hydrogens is 563 g/mol. The Hall–Kier alpha value is -4.50. The molecule has 0 fully saturated rings. The molecular formula is C25H22F7N7O2. The molecule has 0 bridgehead atoms. The van der Waals surface area contributed by atoms with Gasteiger partial charge in [-0.15, -0.1) is 0 Å². The molecule has 3 aromatic heterocycles. The van der Waals surface area contributed by atoms with Crippen LogP contribution in [0.1, 0.15) is 30.9 Å². The lowest BCUT2D eigenvalue weighted by molar-refractivity contribution is -0.138. The highest BCUT2D eigenvalue weighted by atomic mass is 19.4. The number of rotatable bonds is 8. The summed E-state index contributed by atoms with van der Waals surface area (Å²) in [6.45, 7) is 1.75. The highest BCUT2D eigenvalue weighted by molar-refractivity contribution is 5.86. The van der Waals surface area contributed by atoms with E-state index in [9.17, 15) is 35.9 Å². The third kappa shape index (κ3) is 6.30. The van der Waals surface area contributed by atoms with E-state index in [0.717, 1.165) is 12.3 Å². The Balaban J connectivity index is 1.51. The Morgan fingerprint density at radius 3 is 2.46 bits per heavy atom. The van der Waals surface area contributed by atoms with Crippen LogP contribution < -0.4 is 21.8 Å². The van der Waals surface area contributed by atoms with Gasteiger partial charge in [0.25, 0.3) is 11.1 Å². The van der Waals surface area contributed by atoms with Crippen molar-refractivity contribution in [2.75, 3.05) is 17.7 Å². The zero-order valence-corrected chi connectivity index (χ0v) is 21.4. The number of aryl methyl sites for hydroxylation is 1. The van der Waals surface area contributed by atoms with Gasteiger partial charge in [0, 0.05) is 32.0 Å². The molecule has 1 aromatic carbocycles. The topological polar surface area (TPSA) is 118 Å². The van der Waals surface area contributed by atoms with Crippen molar-refractivity contribution >= 4 is 22.3 Å². The summed E-state index contributed by atoms with van der Waals surface area (Å²) < 4.78 is 95.5. The Labute approximate surface area is 226 Å². The minimum atomic E-state index is -4.89. The fraction of sp³-hybridized carbons (Fsp3) is 0.320. The quantitative estimate of drug-likeness (QED) is 0.248. The van der Waals surface area contributed by atoms with Crippen LogP contribution in [0.2, 0.25) is 0 Å². The molecule has 0 radical (unpaired) electrons. The summed E-state index contributed by atoms with van der Waals surface area (Å²) in [5.74, 6) is -1.76. The van der Waals surface area contributed by atoms with Crippen LogP contribution in [0.25, 0.3) is 22.2 Å². The molecule has 0 saturated heterocycles. The zero-order valence-electron chi connectivity index (χ0n) is 21.4.